The van der Waals surface area contributed by atoms with Crippen molar-refractivity contribution in [3.05, 3.63) is 27.9 Å². The van der Waals surface area contributed by atoms with Crippen molar-refractivity contribution in [2.24, 2.45) is 0 Å². The van der Waals surface area contributed by atoms with Crippen molar-refractivity contribution in [2.75, 3.05) is 6.26 Å². The first kappa shape index (κ1) is 8.81. The highest BCUT2D eigenvalue weighted by atomic mass is 32.2. The van der Waals surface area contributed by atoms with Gasteiger partial charge in [0.25, 0.3) is 5.56 Å². The fourth-order valence-corrected chi connectivity index (χ4v) is 1.73. The second-order valence-corrected chi connectivity index (χ2v) is 4.19. The van der Waals surface area contributed by atoms with Gasteiger partial charge >= 0.3 is 0 Å². The minimum atomic E-state index is -0.0130. The molecule has 1 aromatic rings. The van der Waals surface area contributed by atoms with Gasteiger partial charge in [-0.05, 0) is 19.1 Å². The van der Waals surface area contributed by atoms with Crippen LogP contribution in [0.15, 0.2) is 10.9 Å². The molecule has 13 heavy (non-hydrogen) atoms. The third-order valence-corrected chi connectivity index (χ3v) is 2.65. The van der Waals surface area contributed by atoms with E-state index in [4.69, 9.17) is 0 Å². The quantitative estimate of drug-likeness (QED) is 0.797. The Bertz CT molecular complexity index is 357. The molecule has 0 bridgehead atoms. The molecule has 0 unspecified atom stereocenters. The average Bonchev–Trinajstić information content (AvgIpc) is 2.85. The number of H-pyrrole nitrogens is 1. The smallest absolute Gasteiger partial charge is 0.251 e. The van der Waals surface area contributed by atoms with E-state index in [0.717, 1.165) is 17.3 Å². The Morgan fingerprint density at radius 2 is 2.46 bits per heavy atom. The molecule has 0 aliphatic heterocycles. The Kier molecular flexibility index (Phi) is 2.40. The lowest BCUT2D eigenvalue weighted by atomic mass is 10.3. The van der Waals surface area contributed by atoms with Crippen molar-refractivity contribution in [1.82, 2.24) is 9.97 Å². The Balaban J connectivity index is 2.30. The number of aromatic amines is 1. The molecule has 1 fully saturated rings. The van der Waals surface area contributed by atoms with Crippen LogP contribution in [0.4, 0.5) is 0 Å². The highest BCUT2D eigenvalue weighted by Crippen LogP contribution is 2.38. The van der Waals surface area contributed by atoms with Gasteiger partial charge < -0.3 is 4.98 Å². The molecular formula is C9H12N2OS. The van der Waals surface area contributed by atoms with Gasteiger partial charge in [-0.3, -0.25) is 4.79 Å². The van der Waals surface area contributed by atoms with Crippen LogP contribution in [0.3, 0.4) is 0 Å². The summed E-state index contributed by atoms with van der Waals surface area (Å²) in [5, 5.41) is 0. The average molecular weight is 196 g/mol. The van der Waals surface area contributed by atoms with E-state index in [1.165, 1.54) is 12.8 Å². The van der Waals surface area contributed by atoms with Gasteiger partial charge in [0.15, 0.2) is 0 Å². The summed E-state index contributed by atoms with van der Waals surface area (Å²) in [5.74, 6) is 2.15. The molecule has 4 heteroatoms. The molecule has 1 aromatic heterocycles. The Morgan fingerprint density at radius 3 is 3.08 bits per heavy atom. The van der Waals surface area contributed by atoms with Crippen LogP contribution in [0.2, 0.25) is 0 Å². The van der Waals surface area contributed by atoms with Gasteiger partial charge in [-0.1, -0.05) is 0 Å². The predicted octanol–water partition coefficient (Wildman–Crippen LogP) is 1.51. The zero-order valence-electron chi connectivity index (χ0n) is 7.54. The van der Waals surface area contributed by atoms with E-state index < -0.39 is 0 Å². The van der Waals surface area contributed by atoms with Gasteiger partial charge in [0.05, 0.1) is 11.4 Å². The van der Waals surface area contributed by atoms with E-state index >= 15 is 0 Å². The number of aromatic nitrogens is 2. The van der Waals surface area contributed by atoms with E-state index in [-0.39, 0.29) is 5.56 Å². The van der Waals surface area contributed by atoms with Crippen LogP contribution in [-0.4, -0.2) is 16.2 Å². The normalized spacial score (nSPS) is 16.1. The lowest BCUT2D eigenvalue weighted by molar-refractivity contribution is 0.913. The van der Waals surface area contributed by atoms with Gasteiger partial charge in [0, 0.05) is 12.0 Å². The van der Waals surface area contributed by atoms with Gasteiger partial charge in [0.2, 0.25) is 0 Å². The summed E-state index contributed by atoms with van der Waals surface area (Å²) in [5.41, 5.74) is 0.966. The maximum atomic E-state index is 11.2. The van der Waals surface area contributed by atoms with Crippen LogP contribution in [0, 0.1) is 0 Å². The zero-order valence-corrected chi connectivity index (χ0v) is 8.36. The maximum Gasteiger partial charge on any atom is 0.251 e. The topological polar surface area (TPSA) is 45.8 Å². The fourth-order valence-electron chi connectivity index (χ4n) is 1.32. The molecule has 1 aliphatic carbocycles. The van der Waals surface area contributed by atoms with Crippen LogP contribution in [-0.2, 0) is 5.75 Å². The van der Waals surface area contributed by atoms with Crippen molar-refractivity contribution in [3.8, 4) is 0 Å². The summed E-state index contributed by atoms with van der Waals surface area (Å²) >= 11 is 1.67. The van der Waals surface area contributed by atoms with Crippen LogP contribution in [0.5, 0.6) is 0 Å². The van der Waals surface area contributed by atoms with E-state index in [2.05, 4.69) is 9.97 Å². The SMILES string of the molecule is CSCc1nc(C2CC2)cc(=O)[nH]1. The second kappa shape index (κ2) is 3.54. The number of nitrogens with one attached hydrogen (secondary N) is 1. The van der Waals surface area contributed by atoms with Crippen LogP contribution in [0.25, 0.3) is 0 Å². The first-order valence-electron chi connectivity index (χ1n) is 4.38. The number of hydrogen-bond donors (Lipinski definition) is 1. The summed E-state index contributed by atoms with van der Waals surface area (Å²) < 4.78 is 0. The first-order valence-corrected chi connectivity index (χ1v) is 5.78. The number of thioether (sulfide) groups is 1. The largest absolute Gasteiger partial charge is 0.310 e. The molecule has 1 N–H and O–H groups in total. The Labute approximate surface area is 81.0 Å². The molecule has 1 aliphatic rings. The summed E-state index contributed by atoms with van der Waals surface area (Å²) in [4.78, 5) is 18.4. The lowest BCUT2D eigenvalue weighted by Crippen LogP contribution is -2.11. The van der Waals surface area contributed by atoms with E-state index in [1.807, 2.05) is 6.26 Å². The molecule has 0 saturated heterocycles. The van der Waals surface area contributed by atoms with Crippen molar-refractivity contribution < 1.29 is 0 Å². The fraction of sp³-hybridized carbons (Fsp3) is 0.556. The molecule has 1 saturated carbocycles. The third-order valence-electron chi connectivity index (χ3n) is 2.09. The summed E-state index contributed by atoms with van der Waals surface area (Å²) in [6.07, 6.45) is 4.38. The molecule has 0 amide bonds. The lowest BCUT2D eigenvalue weighted by Gasteiger charge is -2.00. The molecule has 1 heterocycles. The van der Waals surface area contributed by atoms with Gasteiger partial charge in [-0.15, -0.1) is 0 Å². The minimum absolute atomic E-state index is 0.0130. The van der Waals surface area contributed by atoms with Crippen LogP contribution >= 0.6 is 11.8 Å². The van der Waals surface area contributed by atoms with Gasteiger partial charge in [-0.2, -0.15) is 11.8 Å². The van der Waals surface area contributed by atoms with Crippen molar-refractivity contribution in [1.29, 1.82) is 0 Å². The molecule has 2 rings (SSSR count). The summed E-state index contributed by atoms with van der Waals surface area (Å²) in [7, 11) is 0. The first-order chi connectivity index (χ1) is 6.29. The standard InChI is InChI=1S/C9H12N2OS/c1-13-5-8-10-7(6-2-3-6)4-9(12)11-8/h4,6H,2-3,5H2,1H3,(H,10,11,12). The van der Waals surface area contributed by atoms with E-state index in [0.29, 0.717) is 5.92 Å². The Morgan fingerprint density at radius 1 is 1.69 bits per heavy atom. The van der Waals surface area contributed by atoms with Crippen molar-refractivity contribution in [3.63, 3.8) is 0 Å². The second-order valence-electron chi connectivity index (χ2n) is 3.32. The monoisotopic (exact) mass is 196 g/mol. The van der Waals surface area contributed by atoms with Gasteiger partial charge in [0.1, 0.15) is 5.82 Å². The predicted molar refractivity (Wildman–Crippen MR) is 54.1 cm³/mol. The molecule has 70 valence electrons. The summed E-state index contributed by atoms with van der Waals surface area (Å²) in [6.45, 7) is 0. The molecule has 0 atom stereocenters. The van der Waals surface area contributed by atoms with E-state index in [9.17, 15) is 4.79 Å². The highest BCUT2D eigenvalue weighted by molar-refractivity contribution is 7.97. The maximum absolute atomic E-state index is 11.2. The minimum Gasteiger partial charge on any atom is -0.310 e. The third kappa shape index (κ3) is 2.12. The van der Waals surface area contributed by atoms with Crippen LogP contribution < -0.4 is 5.56 Å². The zero-order chi connectivity index (χ0) is 9.26. The molecule has 0 aromatic carbocycles. The molecule has 3 nitrogen and oxygen atoms in total. The highest BCUT2D eigenvalue weighted by Gasteiger charge is 2.25. The van der Waals surface area contributed by atoms with Crippen molar-refractivity contribution >= 4 is 11.8 Å². The molecular weight excluding hydrogens is 184 g/mol. The van der Waals surface area contributed by atoms with Gasteiger partial charge in [-0.25, -0.2) is 4.98 Å². The van der Waals surface area contributed by atoms with E-state index in [1.54, 1.807) is 17.8 Å². The number of rotatable bonds is 3. The molecule has 0 radical (unpaired) electrons. The van der Waals surface area contributed by atoms with Crippen LogP contribution in [0.1, 0.15) is 30.3 Å². The number of nitrogens with zero attached hydrogens (tertiary/aromatic N) is 1. The molecule has 0 spiro atoms. The summed E-state index contributed by atoms with van der Waals surface area (Å²) in [6, 6.07) is 1.63. The Hall–Kier alpha value is -0.770. The van der Waals surface area contributed by atoms with Crippen molar-refractivity contribution in [2.45, 2.75) is 24.5 Å². The number of hydrogen-bond acceptors (Lipinski definition) is 3.